The zero-order valence-corrected chi connectivity index (χ0v) is 58.4. The van der Waals surface area contributed by atoms with E-state index >= 15 is 0 Å². The lowest BCUT2D eigenvalue weighted by Crippen LogP contribution is -2.32. The van der Waals surface area contributed by atoms with E-state index in [0.717, 1.165) is 151 Å². The fourth-order valence-electron chi connectivity index (χ4n) is 18.0. The van der Waals surface area contributed by atoms with Crippen molar-refractivity contribution in [2.45, 2.75) is 10.8 Å². The summed E-state index contributed by atoms with van der Waals surface area (Å²) in [7, 11) is 0. The number of rotatable bonds is 9. The number of benzene rings is 16. The molecule has 22 rings (SSSR count). The Morgan fingerprint density at radius 1 is 0.176 bits per heavy atom. The molecule has 0 bridgehead atoms. The van der Waals surface area contributed by atoms with Crippen LogP contribution in [0.3, 0.4) is 0 Å². The maximum Gasteiger partial charge on any atom is 0.160 e. The summed E-state index contributed by atoms with van der Waals surface area (Å²) < 4.78 is 14.1. The number of hydrogen-bond acceptors (Lipinski definition) is 6. The predicted molar refractivity (Wildman–Crippen MR) is 436 cm³/mol. The summed E-state index contributed by atoms with van der Waals surface area (Å²) in [6.07, 6.45) is 0. The topological polar surface area (TPSA) is 70.0 Å². The first-order valence-electron chi connectivity index (χ1n) is 36.9. The lowest BCUT2D eigenvalue weighted by atomic mass is 9.65. The Labute approximate surface area is 624 Å². The van der Waals surface area contributed by atoms with Crippen LogP contribution < -0.4 is 9.47 Å². The molecule has 0 N–H and O–H groups in total. The van der Waals surface area contributed by atoms with E-state index in [1.165, 1.54) is 49.9 Å². The first-order chi connectivity index (χ1) is 53.5. The first-order valence-corrected chi connectivity index (χ1v) is 36.9. The van der Waals surface area contributed by atoms with E-state index in [9.17, 15) is 0 Å². The van der Waals surface area contributed by atoms with E-state index in [1.54, 1.807) is 0 Å². The predicted octanol–water partition coefficient (Wildman–Crippen LogP) is 25.5. The Hall–Kier alpha value is -14.2. The van der Waals surface area contributed by atoms with Crippen LogP contribution in [0.5, 0.6) is 23.0 Å². The molecule has 0 amide bonds. The number of para-hydroxylation sites is 1. The fourth-order valence-corrected chi connectivity index (χ4v) is 18.0. The summed E-state index contributed by atoms with van der Waals surface area (Å²) in [6, 6.07) is 135. The van der Waals surface area contributed by atoms with Gasteiger partial charge >= 0.3 is 0 Å². The van der Waals surface area contributed by atoms with Crippen LogP contribution in [0.1, 0.15) is 44.5 Å². The first kappa shape index (κ1) is 61.3. The zero-order valence-electron chi connectivity index (χ0n) is 58.4. The maximum absolute atomic E-state index is 7.22. The number of nitrogens with zero attached hydrogens (tertiary/aromatic N) is 4. The van der Waals surface area contributed by atoms with E-state index in [4.69, 9.17) is 29.4 Å². The molecule has 4 aliphatic rings. The van der Waals surface area contributed by atoms with Gasteiger partial charge in [-0.2, -0.15) is 0 Å². The van der Waals surface area contributed by atoms with E-state index < -0.39 is 10.8 Å². The molecule has 6 heteroatoms. The lowest BCUT2D eigenvalue weighted by Gasteiger charge is -2.40. The normalized spacial score (nSPS) is 13.3. The van der Waals surface area contributed by atoms with Gasteiger partial charge in [0.05, 0.1) is 33.6 Å². The number of ether oxygens (including phenoxy) is 2. The van der Waals surface area contributed by atoms with Gasteiger partial charge in [-0.3, -0.25) is 0 Å². The van der Waals surface area contributed by atoms with Crippen LogP contribution in [0.2, 0.25) is 0 Å². The summed E-state index contributed by atoms with van der Waals surface area (Å²) in [6.45, 7) is 0. The van der Waals surface area contributed by atoms with Gasteiger partial charge in [-0.25, -0.2) is 19.9 Å². The Morgan fingerprint density at radius 2 is 0.509 bits per heavy atom. The molecule has 0 saturated carbocycles. The molecule has 0 fully saturated rings. The Morgan fingerprint density at radius 3 is 1.06 bits per heavy atom. The van der Waals surface area contributed by atoms with Crippen molar-refractivity contribution in [3.05, 3.63) is 421 Å². The quantitative estimate of drug-likeness (QED) is 0.143. The van der Waals surface area contributed by atoms with E-state index in [1.807, 2.05) is 18.2 Å². The molecule has 4 heterocycles. The largest absolute Gasteiger partial charge is 0.457 e. The molecule has 18 aromatic rings. The van der Waals surface area contributed by atoms with Crippen molar-refractivity contribution in [3.8, 4) is 146 Å². The maximum atomic E-state index is 7.22. The molecule has 108 heavy (non-hydrogen) atoms. The van der Waals surface area contributed by atoms with Gasteiger partial charge in [0.15, 0.2) is 11.6 Å². The number of hydrogen-bond donors (Lipinski definition) is 0. The molecule has 2 aromatic heterocycles. The van der Waals surface area contributed by atoms with E-state index in [0.29, 0.717) is 11.6 Å². The van der Waals surface area contributed by atoms with Gasteiger partial charge in [0.25, 0.3) is 0 Å². The summed E-state index contributed by atoms with van der Waals surface area (Å²) in [4.78, 5) is 21.7. The average Bonchev–Trinajstić information content (AvgIpc) is 1.65. The molecule has 502 valence electrons. The summed E-state index contributed by atoms with van der Waals surface area (Å²) >= 11 is 0. The van der Waals surface area contributed by atoms with Crippen molar-refractivity contribution in [1.29, 1.82) is 0 Å². The molecular weight excluding hydrogens is 1310 g/mol. The molecule has 2 aliphatic heterocycles. The van der Waals surface area contributed by atoms with Crippen LogP contribution in [0.4, 0.5) is 0 Å². The van der Waals surface area contributed by atoms with Crippen molar-refractivity contribution >= 4 is 21.5 Å². The highest BCUT2D eigenvalue weighted by Gasteiger charge is 2.53. The molecule has 0 atom stereocenters. The molecule has 0 saturated heterocycles. The smallest absolute Gasteiger partial charge is 0.160 e. The molecule has 0 radical (unpaired) electrons. The lowest BCUT2D eigenvalue weighted by molar-refractivity contribution is 0.436. The second-order valence-electron chi connectivity index (χ2n) is 28.6. The second-order valence-corrected chi connectivity index (χ2v) is 28.6. The molecular formula is C102H62N4O2. The van der Waals surface area contributed by atoms with Gasteiger partial charge in [0.2, 0.25) is 0 Å². The van der Waals surface area contributed by atoms with Gasteiger partial charge < -0.3 is 9.47 Å². The van der Waals surface area contributed by atoms with Crippen LogP contribution in [0.15, 0.2) is 376 Å². The van der Waals surface area contributed by atoms with E-state index in [-0.39, 0.29) is 0 Å². The average molecular weight is 1380 g/mol. The Bertz CT molecular complexity index is 6700. The van der Waals surface area contributed by atoms with Crippen molar-refractivity contribution in [2.24, 2.45) is 0 Å². The van der Waals surface area contributed by atoms with Crippen molar-refractivity contribution in [3.63, 3.8) is 0 Å². The minimum absolute atomic E-state index is 0.594. The highest BCUT2D eigenvalue weighted by molar-refractivity contribution is 5.98. The molecule has 2 aliphatic carbocycles. The van der Waals surface area contributed by atoms with Gasteiger partial charge in [-0.1, -0.05) is 297 Å². The Balaban J connectivity index is 0.661. The molecule has 0 unspecified atom stereocenters. The monoisotopic (exact) mass is 1370 g/mol. The van der Waals surface area contributed by atoms with Crippen LogP contribution in [0.25, 0.3) is 145 Å². The minimum atomic E-state index is -0.768. The molecule has 2 spiro atoms. The standard InChI is InChI=1S/C102H62N4O2/c1-2-24-65(25-3-1)99-103-93(62-94(106-99)82-39-21-27-64-23-6-7-34-77(64)82)74-32-19-29-68(56-74)71-49-52-97-89(59-71)102(85-42-14-10-37-80(85)81-38-11-15-43-86(81)102)90-60-72(50-53-98(90)108-97)69-30-20-33-76(57-69)100-104-91(61-92(105-100)75-47-46-63-22-4-5-26-66(63)54-75)73-31-18-28-67(55-73)70-48-51-96-88(58-70)101(87-44-16-17-45-95(87)107-96)83-40-12-8-35-78(83)79-36-9-13-41-84(79)101/h1-62H. The third kappa shape index (κ3) is 9.46. The van der Waals surface area contributed by atoms with Crippen LogP contribution >= 0.6 is 0 Å². The highest BCUT2D eigenvalue weighted by Crippen LogP contribution is 2.65. The van der Waals surface area contributed by atoms with E-state index in [2.05, 4.69) is 358 Å². The van der Waals surface area contributed by atoms with Crippen molar-refractivity contribution in [1.82, 2.24) is 19.9 Å². The third-order valence-corrected chi connectivity index (χ3v) is 22.8. The molecule has 16 aromatic carbocycles. The van der Waals surface area contributed by atoms with Gasteiger partial charge in [0, 0.05) is 55.6 Å². The Kier molecular flexibility index (Phi) is 13.7. The van der Waals surface area contributed by atoms with Crippen LogP contribution in [-0.2, 0) is 10.8 Å². The molecule has 6 nitrogen and oxygen atoms in total. The summed E-state index contributed by atoms with van der Waals surface area (Å²) in [5.41, 5.74) is 28.4. The van der Waals surface area contributed by atoms with Crippen LogP contribution in [-0.4, -0.2) is 19.9 Å². The zero-order chi connectivity index (χ0) is 71.0. The SMILES string of the molecule is c1ccc(-c2nc(-c3cccc(-c4ccc5c(c4)C4(c6cc(-c7cccc(-c8nc(-c9cccc(-c%10ccc%11c(c%10)C%10(c%12ccccc%12O%11)c%11ccccc%11-c%11ccccc%11%10)c9)cc(-c9ccc%10ccccc%10c9)n8)c7)ccc6O5)c5ccccc5-c5ccccc54)c3)cc(-c3cccc4ccccc34)n2)cc1. The fraction of sp³-hybridized carbons (Fsp3) is 0.0196. The minimum Gasteiger partial charge on any atom is -0.457 e. The number of fused-ring (bicyclic) bond motifs is 20. The third-order valence-electron chi connectivity index (χ3n) is 22.8. The summed E-state index contributed by atoms with van der Waals surface area (Å²) in [5, 5.41) is 4.61. The summed E-state index contributed by atoms with van der Waals surface area (Å²) in [5.74, 6) is 4.64. The van der Waals surface area contributed by atoms with Crippen molar-refractivity contribution < 1.29 is 9.47 Å². The van der Waals surface area contributed by atoms with Crippen molar-refractivity contribution in [2.75, 3.05) is 0 Å². The van der Waals surface area contributed by atoms with Crippen LogP contribution in [0, 0.1) is 0 Å². The van der Waals surface area contributed by atoms with Gasteiger partial charge in [-0.05, 0) is 178 Å². The van der Waals surface area contributed by atoms with Gasteiger partial charge in [-0.15, -0.1) is 0 Å². The second kappa shape index (κ2) is 24.2. The number of aromatic nitrogens is 4. The highest BCUT2D eigenvalue weighted by atomic mass is 16.5. The van der Waals surface area contributed by atoms with Gasteiger partial charge in [0.1, 0.15) is 23.0 Å².